The van der Waals surface area contributed by atoms with Crippen molar-refractivity contribution < 1.29 is 14.7 Å². The predicted octanol–water partition coefficient (Wildman–Crippen LogP) is 1.88. The fourth-order valence-electron chi connectivity index (χ4n) is 3.33. The second kappa shape index (κ2) is 5.65. The number of rotatable bonds is 4. The van der Waals surface area contributed by atoms with Gasteiger partial charge >= 0.3 is 5.97 Å². The molecule has 1 amide bonds. The van der Waals surface area contributed by atoms with Gasteiger partial charge in [-0.2, -0.15) is 9.78 Å². The number of carbonyl (C=O) groups excluding carboxylic acids is 1. The van der Waals surface area contributed by atoms with Crippen LogP contribution < -0.4 is 5.32 Å². The lowest BCUT2D eigenvalue weighted by atomic mass is 10.1. The first-order valence-electron chi connectivity index (χ1n) is 8.04. The van der Waals surface area contributed by atoms with Gasteiger partial charge in [0.2, 0.25) is 5.91 Å². The average molecular weight is 343 g/mol. The third-order valence-corrected chi connectivity index (χ3v) is 4.62. The lowest BCUT2D eigenvalue weighted by Crippen LogP contribution is -2.20. The van der Waals surface area contributed by atoms with Crippen molar-refractivity contribution in [2.24, 2.45) is 17.3 Å². The molecule has 0 bridgehead atoms. The van der Waals surface area contributed by atoms with Crippen molar-refractivity contribution in [1.82, 2.24) is 19.7 Å². The minimum atomic E-state index is -0.951. The number of hydrogen-bond acceptors (Lipinski definition) is 5. The van der Waals surface area contributed by atoms with Crippen LogP contribution in [0.25, 0.3) is 5.95 Å². The second-order valence-electron chi connectivity index (χ2n) is 7.14. The van der Waals surface area contributed by atoms with Gasteiger partial charge in [0.15, 0.2) is 0 Å². The number of amides is 1. The molecule has 8 heteroatoms. The summed E-state index contributed by atoms with van der Waals surface area (Å²) >= 11 is 0. The van der Waals surface area contributed by atoms with E-state index in [-0.39, 0.29) is 5.91 Å². The topological polar surface area (TPSA) is 110 Å². The van der Waals surface area contributed by atoms with E-state index >= 15 is 0 Å². The molecule has 3 rings (SSSR count). The van der Waals surface area contributed by atoms with Gasteiger partial charge in [0.1, 0.15) is 5.82 Å². The number of carboxylic acids is 1. The molecule has 1 aliphatic carbocycles. The standard InChI is InChI=1S/C17H21N5O3/c1-8-6-9(2)19-16(18-8)22-11(7-10(3)21-22)20-14(23)12-13(15(24)25)17(12,4)5/h6-7,12-13H,1-5H3,(H,20,23)(H,24,25)/t12-,13+/m0/s1. The summed E-state index contributed by atoms with van der Waals surface area (Å²) in [7, 11) is 0. The highest BCUT2D eigenvalue weighted by atomic mass is 16.4. The van der Waals surface area contributed by atoms with E-state index in [9.17, 15) is 14.7 Å². The molecule has 0 radical (unpaired) electrons. The second-order valence-corrected chi connectivity index (χ2v) is 7.14. The van der Waals surface area contributed by atoms with Crippen LogP contribution in [0.5, 0.6) is 0 Å². The zero-order valence-corrected chi connectivity index (χ0v) is 14.9. The summed E-state index contributed by atoms with van der Waals surface area (Å²) in [5.74, 6) is -1.74. The van der Waals surface area contributed by atoms with Crippen LogP contribution in [0.3, 0.4) is 0 Å². The Kier molecular flexibility index (Phi) is 3.85. The third-order valence-electron chi connectivity index (χ3n) is 4.62. The summed E-state index contributed by atoms with van der Waals surface area (Å²) in [5.41, 5.74) is 1.72. The summed E-state index contributed by atoms with van der Waals surface area (Å²) in [4.78, 5) is 32.6. The van der Waals surface area contributed by atoms with Crippen molar-refractivity contribution in [3.63, 3.8) is 0 Å². The number of carboxylic acid groups (broad SMARTS) is 1. The molecule has 1 aliphatic rings. The normalized spacial score (nSPS) is 21.0. The maximum absolute atomic E-state index is 12.6. The number of nitrogens with one attached hydrogen (secondary N) is 1. The van der Waals surface area contributed by atoms with Crippen molar-refractivity contribution in [2.75, 3.05) is 5.32 Å². The number of aliphatic carboxylic acids is 1. The molecule has 0 spiro atoms. The fraction of sp³-hybridized carbons (Fsp3) is 0.471. The third kappa shape index (κ3) is 2.99. The summed E-state index contributed by atoms with van der Waals surface area (Å²) < 4.78 is 1.47. The Balaban J connectivity index is 1.90. The first-order chi connectivity index (χ1) is 11.6. The van der Waals surface area contributed by atoms with Crippen molar-refractivity contribution >= 4 is 17.7 Å². The van der Waals surface area contributed by atoms with E-state index in [2.05, 4.69) is 20.4 Å². The van der Waals surface area contributed by atoms with Gasteiger partial charge < -0.3 is 10.4 Å². The number of hydrogen-bond donors (Lipinski definition) is 2. The van der Waals surface area contributed by atoms with Gasteiger partial charge in [0.25, 0.3) is 5.95 Å². The Morgan fingerprint density at radius 2 is 1.68 bits per heavy atom. The highest BCUT2D eigenvalue weighted by Gasteiger charge is 2.66. The van der Waals surface area contributed by atoms with E-state index in [1.165, 1.54) is 4.68 Å². The molecule has 8 nitrogen and oxygen atoms in total. The summed E-state index contributed by atoms with van der Waals surface area (Å²) in [6.45, 7) is 9.08. The van der Waals surface area contributed by atoms with Crippen molar-refractivity contribution in [3.8, 4) is 5.95 Å². The van der Waals surface area contributed by atoms with E-state index in [0.29, 0.717) is 17.5 Å². The SMILES string of the molecule is Cc1cc(C)nc(-n2nc(C)cc2NC(=O)[C@@H]2[C@H](C(=O)O)C2(C)C)n1. The molecule has 132 valence electrons. The van der Waals surface area contributed by atoms with Gasteiger partial charge in [-0.05, 0) is 32.3 Å². The largest absolute Gasteiger partial charge is 0.481 e. The van der Waals surface area contributed by atoms with Gasteiger partial charge in [-0.3, -0.25) is 9.59 Å². The maximum atomic E-state index is 12.6. The Morgan fingerprint density at radius 3 is 2.20 bits per heavy atom. The minimum absolute atomic E-state index is 0.331. The van der Waals surface area contributed by atoms with Gasteiger partial charge in [-0.15, -0.1) is 0 Å². The summed E-state index contributed by atoms with van der Waals surface area (Å²) in [5, 5.41) is 16.4. The zero-order valence-electron chi connectivity index (χ0n) is 14.9. The monoisotopic (exact) mass is 343 g/mol. The van der Waals surface area contributed by atoms with Crippen LogP contribution >= 0.6 is 0 Å². The maximum Gasteiger partial charge on any atom is 0.307 e. The van der Waals surface area contributed by atoms with Crippen LogP contribution in [-0.4, -0.2) is 36.7 Å². The lowest BCUT2D eigenvalue weighted by Gasteiger charge is -2.09. The molecular formula is C17H21N5O3. The van der Waals surface area contributed by atoms with Crippen LogP contribution in [0.15, 0.2) is 12.1 Å². The Hall–Kier alpha value is -2.77. The molecule has 0 unspecified atom stereocenters. The lowest BCUT2D eigenvalue weighted by molar-refractivity contribution is -0.140. The van der Waals surface area contributed by atoms with Crippen LogP contribution in [0.4, 0.5) is 5.82 Å². The summed E-state index contributed by atoms with van der Waals surface area (Å²) in [6, 6.07) is 3.56. The first-order valence-corrected chi connectivity index (χ1v) is 8.04. The predicted molar refractivity (Wildman–Crippen MR) is 90.4 cm³/mol. The van der Waals surface area contributed by atoms with E-state index in [1.807, 2.05) is 19.9 Å². The highest BCUT2D eigenvalue weighted by Crippen LogP contribution is 2.58. The van der Waals surface area contributed by atoms with Crippen molar-refractivity contribution in [1.29, 1.82) is 0 Å². The van der Waals surface area contributed by atoms with E-state index in [4.69, 9.17) is 0 Å². The molecule has 2 heterocycles. The van der Waals surface area contributed by atoms with Crippen molar-refractivity contribution in [3.05, 3.63) is 29.2 Å². The highest BCUT2D eigenvalue weighted by molar-refractivity contribution is 5.99. The van der Waals surface area contributed by atoms with Crippen LogP contribution in [-0.2, 0) is 9.59 Å². The molecule has 2 aromatic rings. The Bertz CT molecular complexity index is 851. The summed E-state index contributed by atoms with van der Waals surface area (Å²) in [6.07, 6.45) is 0. The number of aryl methyl sites for hydroxylation is 3. The van der Waals surface area contributed by atoms with Crippen LogP contribution in [0, 0.1) is 38.0 Å². The molecule has 0 aromatic carbocycles. The average Bonchev–Trinajstić information content (AvgIpc) is 2.87. The molecular weight excluding hydrogens is 322 g/mol. The first kappa shape index (κ1) is 17.1. The number of carbonyl (C=O) groups is 2. The van der Waals surface area contributed by atoms with Gasteiger partial charge in [-0.1, -0.05) is 13.8 Å². The van der Waals surface area contributed by atoms with E-state index in [1.54, 1.807) is 26.8 Å². The quantitative estimate of drug-likeness (QED) is 0.877. The molecule has 0 aliphatic heterocycles. The molecule has 1 fully saturated rings. The smallest absolute Gasteiger partial charge is 0.307 e. The molecule has 0 saturated heterocycles. The van der Waals surface area contributed by atoms with Gasteiger partial charge in [0, 0.05) is 17.5 Å². The number of nitrogens with zero attached hydrogens (tertiary/aromatic N) is 4. The van der Waals surface area contributed by atoms with Crippen LogP contribution in [0.2, 0.25) is 0 Å². The molecule has 25 heavy (non-hydrogen) atoms. The zero-order chi connectivity index (χ0) is 18.5. The van der Waals surface area contributed by atoms with E-state index in [0.717, 1.165) is 11.4 Å². The van der Waals surface area contributed by atoms with Crippen LogP contribution in [0.1, 0.15) is 30.9 Å². The molecule has 2 N–H and O–H groups in total. The fourth-order valence-corrected chi connectivity index (χ4v) is 3.33. The number of anilines is 1. The Morgan fingerprint density at radius 1 is 1.08 bits per heavy atom. The molecule has 1 saturated carbocycles. The minimum Gasteiger partial charge on any atom is -0.481 e. The molecule has 2 aromatic heterocycles. The molecule has 2 atom stereocenters. The Labute approximate surface area is 145 Å². The number of aromatic nitrogens is 4. The van der Waals surface area contributed by atoms with Crippen molar-refractivity contribution in [2.45, 2.75) is 34.6 Å². The van der Waals surface area contributed by atoms with Gasteiger partial charge in [0.05, 0.1) is 17.5 Å². The van der Waals surface area contributed by atoms with E-state index < -0.39 is 23.2 Å². The van der Waals surface area contributed by atoms with Gasteiger partial charge in [-0.25, -0.2) is 9.97 Å².